The van der Waals surface area contributed by atoms with Gasteiger partial charge in [0.15, 0.2) is 4.77 Å². The van der Waals surface area contributed by atoms with Crippen LogP contribution in [0.5, 0.6) is 0 Å². The van der Waals surface area contributed by atoms with Crippen molar-refractivity contribution in [2.45, 2.75) is 31.9 Å². The lowest BCUT2D eigenvalue weighted by Gasteiger charge is -2.23. The first-order valence-corrected chi connectivity index (χ1v) is 7.40. The number of halogens is 2. The lowest BCUT2D eigenvalue weighted by molar-refractivity contribution is 0.00679. The number of nitrogens with one attached hydrogen (secondary N) is 1. The molecule has 6 heteroatoms. The van der Waals surface area contributed by atoms with Crippen LogP contribution in [0.3, 0.4) is 0 Å². The largest absolute Gasteiger partial charge is 0.373 e. The van der Waals surface area contributed by atoms with Crippen molar-refractivity contribution < 1.29 is 9.13 Å². The highest BCUT2D eigenvalue weighted by Crippen LogP contribution is 2.30. The number of hydrogen-bond donors (Lipinski definition) is 1. The molecule has 102 valence electrons. The van der Waals surface area contributed by atoms with Gasteiger partial charge in [0.1, 0.15) is 5.82 Å². The van der Waals surface area contributed by atoms with Gasteiger partial charge in [-0.25, -0.2) is 4.39 Å². The van der Waals surface area contributed by atoms with Gasteiger partial charge in [0, 0.05) is 12.7 Å². The van der Waals surface area contributed by atoms with E-state index in [0.29, 0.717) is 21.3 Å². The predicted molar refractivity (Wildman–Crippen MR) is 78.4 cm³/mol. The quantitative estimate of drug-likeness (QED) is 0.828. The van der Waals surface area contributed by atoms with E-state index in [2.05, 4.69) is 27.8 Å². The van der Waals surface area contributed by atoms with Crippen LogP contribution in [0.15, 0.2) is 16.6 Å². The Kier molecular flexibility index (Phi) is 3.27. The normalized spacial score (nSPS) is 23.3. The van der Waals surface area contributed by atoms with E-state index in [4.69, 9.17) is 17.0 Å². The summed E-state index contributed by atoms with van der Waals surface area (Å²) in [5.41, 5.74) is 1.43. The van der Waals surface area contributed by atoms with Crippen molar-refractivity contribution in [3.05, 3.63) is 27.2 Å². The second-order valence-corrected chi connectivity index (χ2v) is 6.44. The van der Waals surface area contributed by atoms with E-state index in [1.807, 2.05) is 4.57 Å². The first kappa shape index (κ1) is 13.3. The Morgan fingerprint density at radius 1 is 1.58 bits per heavy atom. The van der Waals surface area contributed by atoms with E-state index in [1.54, 1.807) is 6.07 Å². The van der Waals surface area contributed by atoms with Crippen molar-refractivity contribution in [2.24, 2.45) is 0 Å². The van der Waals surface area contributed by atoms with Crippen molar-refractivity contribution in [1.82, 2.24) is 9.55 Å². The van der Waals surface area contributed by atoms with Crippen LogP contribution >= 0.6 is 28.1 Å². The summed E-state index contributed by atoms with van der Waals surface area (Å²) in [5, 5.41) is 0. The number of imidazole rings is 1. The number of ether oxygens (including phenoxy) is 1. The van der Waals surface area contributed by atoms with Crippen molar-refractivity contribution >= 4 is 39.2 Å². The number of hydrogen-bond acceptors (Lipinski definition) is 2. The molecule has 19 heavy (non-hydrogen) atoms. The van der Waals surface area contributed by atoms with Crippen LogP contribution in [0, 0.1) is 10.6 Å². The molecule has 1 N–H and O–H groups in total. The van der Waals surface area contributed by atoms with Gasteiger partial charge >= 0.3 is 0 Å². The smallest absolute Gasteiger partial charge is 0.178 e. The van der Waals surface area contributed by atoms with E-state index in [0.717, 1.165) is 25.0 Å². The molecular weight excluding hydrogens is 331 g/mol. The number of nitrogens with zero attached hydrogens (tertiary/aromatic N) is 1. The molecule has 0 saturated carbocycles. The first-order chi connectivity index (χ1) is 8.98. The Hall–Kier alpha value is -0.720. The zero-order chi connectivity index (χ0) is 13.6. The van der Waals surface area contributed by atoms with Gasteiger partial charge in [-0.15, -0.1) is 0 Å². The molecule has 1 aliphatic rings. The fraction of sp³-hybridized carbons (Fsp3) is 0.462. The number of benzene rings is 1. The van der Waals surface area contributed by atoms with Gasteiger partial charge in [-0.3, -0.25) is 0 Å². The minimum Gasteiger partial charge on any atom is -0.373 e. The molecule has 3 nitrogen and oxygen atoms in total. The summed E-state index contributed by atoms with van der Waals surface area (Å²) in [6, 6.07) is 3.22. The Morgan fingerprint density at radius 3 is 3.05 bits per heavy atom. The van der Waals surface area contributed by atoms with Gasteiger partial charge < -0.3 is 14.3 Å². The number of aromatic nitrogens is 2. The van der Waals surface area contributed by atoms with Gasteiger partial charge in [0.25, 0.3) is 0 Å². The molecular formula is C13H14BrFN2OS. The van der Waals surface area contributed by atoms with Crippen LogP contribution in [0.4, 0.5) is 4.39 Å². The molecule has 2 heterocycles. The third-order valence-corrected chi connectivity index (χ3v) is 4.54. The molecule has 1 aromatic carbocycles. The van der Waals surface area contributed by atoms with Gasteiger partial charge in [-0.05, 0) is 54.0 Å². The molecule has 0 spiro atoms. The van der Waals surface area contributed by atoms with E-state index in [9.17, 15) is 4.39 Å². The third kappa shape index (κ3) is 2.37. The monoisotopic (exact) mass is 344 g/mol. The van der Waals surface area contributed by atoms with E-state index in [1.165, 1.54) is 6.07 Å². The SMILES string of the molecule is CC1(Cn2c(=S)[nH]c3cc(F)c(Br)cc32)CCCO1. The lowest BCUT2D eigenvalue weighted by Crippen LogP contribution is -2.29. The van der Waals surface area contributed by atoms with E-state index in [-0.39, 0.29) is 11.4 Å². The highest BCUT2D eigenvalue weighted by molar-refractivity contribution is 9.10. The fourth-order valence-electron chi connectivity index (χ4n) is 2.60. The summed E-state index contributed by atoms with van der Waals surface area (Å²) in [5.74, 6) is -0.292. The molecule has 1 aromatic heterocycles. The topological polar surface area (TPSA) is 29.9 Å². The maximum Gasteiger partial charge on any atom is 0.178 e. The Balaban J connectivity index is 2.10. The standard InChI is InChI=1S/C13H14BrFN2OS/c1-13(3-2-4-18-13)7-17-11-5-8(14)9(15)6-10(11)16-12(17)19/h5-6H,2-4,7H2,1H3,(H,16,19). The molecule has 0 amide bonds. The Bertz CT molecular complexity index is 688. The summed E-state index contributed by atoms with van der Waals surface area (Å²) < 4.78 is 22.4. The van der Waals surface area contributed by atoms with Crippen LogP contribution in [-0.2, 0) is 11.3 Å². The molecule has 2 aromatic rings. The lowest BCUT2D eigenvalue weighted by atomic mass is 10.0. The summed E-state index contributed by atoms with van der Waals surface area (Å²) in [7, 11) is 0. The fourth-order valence-corrected chi connectivity index (χ4v) is 3.21. The molecule has 1 atom stereocenters. The van der Waals surface area contributed by atoms with E-state index < -0.39 is 0 Å². The van der Waals surface area contributed by atoms with Crippen LogP contribution in [0.25, 0.3) is 11.0 Å². The number of fused-ring (bicyclic) bond motifs is 1. The molecule has 1 saturated heterocycles. The average molecular weight is 345 g/mol. The van der Waals surface area contributed by atoms with Crippen molar-refractivity contribution in [3.8, 4) is 0 Å². The predicted octanol–water partition coefficient (Wildman–Crippen LogP) is 4.17. The zero-order valence-electron chi connectivity index (χ0n) is 10.5. The molecule has 0 radical (unpaired) electrons. The summed E-state index contributed by atoms with van der Waals surface area (Å²) in [6.07, 6.45) is 2.09. The van der Waals surface area contributed by atoms with Crippen molar-refractivity contribution in [2.75, 3.05) is 6.61 Å². The van der Waals surface area contributed by atoms with Gasteiger partial charge in [0.05, 0.1) is 27.7 Å². The highest BCUT2D eigenvalue weighted by atomic mass is 79.9. The Labute approximate surface area is 123 Å². The Morgan fingerprint density at radius 2 is 2.37 bits per heavy atom. The molecule has 1 fully saturated rings. The summed E-state index contributed by atoms with van der Waals surface area (Å²) >= 11 is 8.56. The second kappa shape index (κ2) is 4.68. The molecule has 1 unspecified atom stereocenters. The average Bonchev–Trinajstić information content (AvgIpc) is 2.88. The maximum atomic E-state index is 13.5. The minimum absolute atomic E-state index is 0.186. The number of aromatic amines is 1. The second-order valence-electron chi connectivity index (χ2n) is 5.20. The van der Waals surface area contributed by atoms with Crippen LogP contribution in [0.2, 0.25) is 0 Å². The van der Waals surface area contributed by atoms with Crippen LogP contribution in [0.1, 0.15) is 19.8 Å². The van der Waals surface area contributed by atoms with Crippen molar-refractivity contribution in [3.63, 3.8) is 0 Å². The summed E-state index contributed by atoms with van der Waals surface area (Å²) in [6.45, 7) is 3.58. The molecule has 3 rings (SSSR count). The van der Waals surface area contributed by atoms with Crippen molar-refractivity contribution in [1.29, 1.82) is 0 Å². The highest BCUT2D eigenvalue weighted by Gasteiger charge is 2.31. The van der Waals surface area contributed by atoms with Gasteiger partial charge in [-0.2, -0.15) is 0 Å². The molecule has 1 aliphatic heterocycles. The zero-order valence-corrected chi connectivity index (χ0v) is 12.9. The van der Waals surface area contributed by atoms with E-state index >= 15 is 0 Å². The first-order valence-electron chi connectivity index (χ1n) is 6.20. The maximum absolute atomic E-state index is 13.5. The van der Waals surface area contributed by atoms with Crippen LogP contribution < -0.4 is 0 Å². The molecule has 0 bridgehead atoms. The van der Waals surface area contributed by atoms with Gasteiger partial charge in [0.2, 0.25) is 0 Å². The van der Waals surface area contributed by atoms with Crippen LogP contribution in [-0.4, -0.2) is 21.8 Å². The number of rotatable bonds is 2. The molecule has 0 aliphatic carbocycles. The van der Waals surface area contributed by atoms with Gasteiger partial charge in [-0.1, -0.05) is 0 Å². The number of H-pyrrole nitrogens is 1. The third-order valence-electron chi connectivity index (χ3n) is 3.61. The summed E-state index contributed by atoms with van der Waals surface area (Å²) in [4.78, 5) is 3.05. The minimum atomic E-state index is -0.292.